The molecule has 10 heteroatoms. The molecular weight excluding hydrogens is 384 g/mol. The Hall–Kier alpha value is -4.08. The predicted octanol–water partition coefficient (Wildman–Crippen LogP) is 4.36. The SMILES string of the molecule is COc1cc(F)c([N+](=O)[O-])cc1Nc1nccc(-n2ccc3ccc(F)cc32)n1. The highest BCUT2D eigenvalue weighted by molar-refractivity contribution is 5.81. The van der Waals surface area contributed by atoms with Gasteiger partial charge in [-0.15, -0.1) is 0 Å². The number of benzene rings is 2. The number of nitro benzene ring substituents is 1. The first kappa shape index (κ1) is 18.3. The van der Waals surface area contributed by atoms with Crippen LogP contribution in [-0.4, -0.2) is 26.6 Å². The molecule has 8 nitrogen and oxygen atoms in total. The molecule has 0 spiro atoms. The second-order valence-electron chi connectivity index (χ2n) is 6.01. The van der Waals surface area contributed by atoms with Crippen LogP contribution in [0.5, 0.6) is 5.75 Å². The molecule has 0 aliphatic rings. The molecule has 146 valence electrons. The summed E-state index contributed by atoms with van der Waals surface area (Å²) >= 11 is 0. The molecule has 0 amide bonds. The lowest BCUT2D eigenvalue weighted by molar-refractivity contribution is -0.387. The third kappa shape index (κ3) is 3.43. The van der Waals surface area contributed by atoms with E-state index in [-0.39, 0.29) is 23.2 Å². The molecule has 29 heavy (non-hydrogen) atoms. The fourth-order valence-electron chi connectivity index (χ4n) is 2.92. The monoisotopic (exact) mass is 397 g/mol. The minimum Gasteiger partial charge on any atom is -0.494 e. The van der Waals surface area contributed by atoms with Crippen LogP contribution in [0.4, 0.5) is 26.1 Å². The molecule has 0 saturated heterocycles. The van der Waals surface area contributed by atoms with Gasteiger partial charge in [0.1, 0.15) is 17.4 Å². The van der Waals surface area contributed by atoms with Crippen molar-refractivity contribution in [3.63, 3.8) is 0 Å². The molecule has 4 aromatic rings. The van der Waals surface area contributed by atoms with Gasteiger partial charge in [-0.05, 0) is 30.3 Å². The van der Waals surface area contributed by atoms with Crippen LogP contribution < -0.4 is 10.1 Å². The highest BCUT2D eigenvalue weighted by Gasteiger charge is 2.19. The topological polar surface area (TPSA) is 95.1 Å². The van der Waals surface area contributed by atoms with Crippen LogP contribution in [0.1, 0.15) is 0 Å². The van der Waals surface area contributed by atoms with Crippen molar-refractivity contribution in [2.75, 3.05) is 12.4 Å². The number of ether oxygens (including phenoxy) is 1. The van der Waals surface area contributed by atoms with E-state index >= 15 is 0 Å². The van der Waals surface area contributed by atoms with Crippen molar-refractivity contribution in [2.24, 2.45) is 0 Å². The van der Waals surface area contributed by atoms with E-state index in [9.17, 15) is 18.9 Å². The number of rotatable bonds is 5. The van der Waals surface area contributed by atoms with Gasteiger partial charge in [0.15, 0.2) is 0 Å². The average molecular weight is 397 g/mol. The third-order valence-corrected chi connectivity index (χ3v) is 4.25. The zero-order valence-corrected chi connectivity index (χ0v) is 15.0. The smallest absolute Gasteiger partial charge is 0.307 e. The van der Waals surface area contributed by atoms with Crippen molar-refractivity contribution in [3.8, 4) is 11.6 Å². The first-order chi connectivity index (χ1) is 14.0. The van der Waals surface area contributed by atoms with Crippen LogP contribution in [0.15, 0.2) is 54.9 Å². The van der Waals surface area contributed by atoms with Crippen molar-refractivity contribution in [1.29, 1.82) is 0 Å². The van der Waals surface area contributed by atoms with Crippen molar-refractivity contribution >= 4 is 28.2 Å². The Balaban J connectivity index is 1.74. The Morgan fingerprint density at radius 3 is 2.76 bits per heavy atom. The van der Waals surface area contributed by atoms with Gasteiger partial charge in [-0.1, -0.05) is 0 Å². The Morgan fingerprint density at radius 1 is 1.17 bits per heavy atom. The zero-order chi connectivity index (χ0) is 20.5. The number of methoxy groups -OCH3 is 1. The highest BCUT2D eigenvalue weighted by atomic mass is 19.1. The highest BCUT2D eigenvalue weighted by Crippen LogP contribution is 2.33. The number of fused-ring (bicyclic) bond motifs is 1. The molecule has 0 atom stereocenters. The van der Waals surface area contributed by atoms with Gasteiger partial charge in [0, 0.05) is 29.9 Å². The van der Waals surface area contributed by atoms with Crippen LogP contribution in [0, 0.1) is 21.7 Å². The summed E-state index contributed by atoms with van der Waals surface area (Å²) in [5.74, 6) is -0.810. The molecule has 0 radical (unpaired) electrons. The summed E-state index contributed by atoms with van der Waals surface area (Å²) in [6.07, 6.45) is 3.21. The van der Waals surface area contributed by atoms with Gasteiger partial charge >= 0.3 is 5.69 Å². The molecule has 2 heterocycles. The summed E-state index contributed by atoms with van der Waals surface area (Å²) in [5.41, 5.74) is 0.0298. The molecule has 0 saturated carbocycles. The number of anilines is 2. The van der Waals surface area contributed by atoms with Gasteiger partial charge < -0.3 is 14.6 Å². The first-order valence-electron chi connectivity index (χ1n) is 8.35. The van der Waals surface area contributed by atoms with E-state index in [1.165, 1.54) is 25.4 Å². The van der Waals surface area contributed by atoms with Crippen molar-refractivity contribution in [3.05, 3.63) is 76.6 Å². The lowest BCUT2D eigenvalue weighted by atomic mass is 10.2. The molecule has 0 fully saturated rings. The summed E-state index contributed by atoms with van der Waals surface area (Å²) in [7, 11) is 1.31. The van der Waals surface area contributed by atoms with E-state index in [1.54, 1.807) is 22.9 Å². The molecular formula is C19H13F2N5O3. The van der Waals surface area contributed by atoms with Gasteiger partial charge in [0.05, 0.1) is 23.2 Å². The standard InChI is InChI=1S/C19H13F2N5O3/c1-29-17-9-13(21)16(26(27)28)10-14(17)23-19-22-6-4-18(24-19)25-7-5-11-2-3-12(20)8-15(11)25/h2-10H,1H3,(H,22,23,24). The van der Waals surface area contributed by atoms with Gasteiger partial charge in [0.25, 0.3) is 0 Å². The van der Waals surface area contributed by atoms with E-state index in [1.807, 2.05) is 6.07 Å². The lowest BCUT2D eigenvalue weighted by Crippen LogP contribution is -2.04. The number of aromatic nitrogens is 3. The van der Waals surface area contributed by atoms with Crippen LogP contribution in [0.2, 0.25) is 0 Å². The van der Waals surface area contributed by atoms with Crippen molar-refractivity contribution in [2.45, 2.75) is 0 Å². The fourth-order valence-corrected chi connectivity index (χ4v) is 2.92. The van der Waals surface area contributed by atoms with Crippen LogP contribution in [0.25, 0.3) is 16.7 Å². The number of nitro groups is 1. The number of halogens is 2. The summed E-state index contributed by atoms with van der Waals surface area (Å²) in [6.45, 7) is 0. The summed E-state index contributed by atoms with van der Waals surface area (Å²) in [6, 6.07) is 9.77. The molecule has 2 aromatic heterocycles. The van der Waals surface area contributed by atoms with Crippen LogP contribution in [0.3, 0.4) is 0 Å². The van der Waals surface area contributed by atoms with E-state index in [0.717, 1.165) is 17.5 Å². The van der Waals surface area contributed by atoms with E-state index in [4.69, 9.17) is 4.74 Å². The van der Waals surface area contributed by atoms with Crippen LogP contribution >= 0.6 is 0 Å². The number of nitrogens with one attached hydrogen (secondary N) is 1. The summed E-state index contributed by atoms with van der Waals surface area (Å²) < 4.78 is 34.2. The van der Waals surface area contributed by atoms with E-state index in [2.05, 4.69) is 15.3 Å². The van der Waals surface area contributed by atoms with E-state index in [0.29, 0.717) is 11.3 Å². The van der Waals surface area contributed by atoms with Crippen molar-refractivity contribution in [1.82, 2.24) is 14.5 Å². The van der Waals surface area contributed by atoms with Crippen molar-refractivity contribution < 1.29 is 18.4 Å². The molecule has 4 rings (SSSR count). The van der Waals surface area contributed by atoms with Crippen LogP contribution in [-0.2, 0) is 0 Å². The largest absolute Gasteiger partial charge is 0.494 e. The fraction of sp³-hybridized carbons (Fsp3) is 0.0526. The summed E-state index contributed by atoms with van der Waals surface area (Å²) in [5, 5.41) is 14.7. The normalized spacial score (nSPS) is 10.9. The molecule has 0 aliphatic heterocycles. The Kier molecular flexibility index (Phi) is 4.51. The number of nitrogens with zero attached hydrogens (tertiary/aromatic N) is 4. The predicted molar refractivity (Wildman–Crippen MR) is 102 cm³/mol. The molecule has 2 aromatic carbocycles. The number of hydrogen-bond donors (Lipinski definition) is 1. The maximum Gasteiger partial charge on any atom is 0.307 e. The maximum absolute atomic E-state index is 13.8. The molecule has 0 aliphatic carbocycles. The molecule has 1 N–H and O–H groups in total. The van der Waals surface area contributed by atoms with Gasteiger partial charge in [-0.25, -0.2) is 9.37 Å². The second kappa shape index (κ2) is 7.15. The molecule has 0 unspecified atom stereocenters. The van der Waals surface area contributed by atoms with Gasteiger partial charge in [-0.3, -0.25) is 10.1 Å². The quantitative estimate of drug-likeness (QED) is 0.397. The minimum atomic E-state index is -1.02. The van der Waals surface area contributed by atoms with Gasteiger partial charge in [-0.2, -0.15) is 9.37 Å². The third-order valence-electron chi connectivity index (χ3n) is 4.25. The molecule has 0 bridgehead atoms. The number of hydrogen-bond acceptors (Lipinski definition) is 6. The lowest BCUT2D eigenvalue weighted by Gasteiger charge is -2.11. The zero-order valence-electron chi connectivity index (χ0n) is 15.0. The summed E-state index contributed by atoms with van der Waals surface area (Å²) in [4.78, 5) is 18.6. The Morgan fingerprint density at radius 2 is 2.00 bits per heavy atom. The van der Waals surface area contributed by atoms with E-state index < -0.39 is 16.4 Å². The Bertz CT molecular complexity index is 1240. The average Bonchev–Trinajstić information content (AvgIpc) is 3.12. The van der Waals surface area contributed by atoms with Gasteiger partial charge in [0.2, 0.25) is 11.8 Å². The first-order valence-corrected chi connectivity index (χ1v) is 8.35. The Labute approximate surface area is 162 Å². The second-order valence-corrected chi connectivity index (χ2v) is 6.01. The minimum absolute atomic E-state index is 0.0515. The maximum atomic E-state index is 13.8.